The van der Waals surface area contributed by atoms with Crippen molar-refractivity contribution in [1.29, 1.82) is 0 Å². The number of benzene rings is 1. The first-order valence-corrected chi connectivity index (χ1v) is 9.24. The van der Waals surface area contributed by atoms with Crippen molar-refractivity contribution in [3.05, 3.63) is 41.0 Å². The van der Waals surface area contributed by atoms with Crippen LogP contribution in [0.15, 0.2) is 55.6 Å². The molecule has 0 saturated carbocycles. The number of hydrogen-bond acceptors (Lipinski definition) is 7. The van der Waals surface area contributed by atoms with Gasteiger partial charge in [0.2, 0.25) is 0 Å². The van der Waals surface area contributed by atoms with Gasteiger partial charge in [0, 0.05) is 30.5 Å². The van der Waals surface area contributed by atoms with Gasteiger partial charge in [-0.3, -0.25) is 0 Å². The number of anilines is 1. The van der Waals surface area contributed by atoms with Gasteiger partial charge in [0.15, 0.2) is 5.82 Å². The Morgan fingerprint density at radius 3 is 2.46 bits per heavy atom. The summed E-state index contributed by atoms with van der Waals surface area (Å²) < 4.78 is 56.8. The number of hydrogen-bond donors (Lipinski definition) is 0. The largest absolute Gasteiger partial charge is 0.378 e. The molecule has 2 rings (SSSR count). The van der Waals surface area contributed by atoms with Crippen molar-refractivity contribution in [1.82, 2.24) is 4.98 Å². The summed E-state index contributed by atoms with van der Waals surface area (Å²) in [6.45, 7) is 0. The van der Waals surface area contributed by atoms with Crippen LogP contribution in [-0.2, 0) is 14.4 Å². The van der Waals surface area contributed by atoms with Gasteiger partial charge >= 0.3 is 5.76 Å². The topological polar surface area (TPSA) is 79.5 Å². The lowest BCUT2D eigenvalue weighted by Crippen LogP contribution is -2.11. The summed E-state index contributed by atoms with van der Waals surface area (Å²) in [5, 5.41) is 7.73. The zero-order valence-electron chi connectivity index (χ0n) is 13.5. The standard InChI is InChI=1S/C14H13BrF3N5O2S/c1-23(2)10-4-5-11(20-21-13-6-3-9(15)8-19-13)12(7-10)22-26(24,25-18)14(16)17/h3-8,14H,1-2H3. The van der Waals surface area contributed by atoms with E-state index in [2.05, 4.69) is 39.9 Å². The Morgan fingerprint density at radius 2 is 1.92 bits per heavy atom. The molecule has 0 N–H and O–H groups in total. The summed E-state index contributed by atoms with van der Waals surface area (Å²) in [6, 6.07) is 7.58. The van der Waals surface area contributed by atoms with Gasteiger partial charge in [0.1, 0.15) is 11.4 Å². The van der Waals surface area contributed by atoms with E-state index in [1.54, 1.807) is 37.2 Å². The van der Waals surface area contributed by atoms with E-state index in [9.17, 15) is 17.5 Å². The monoisotopic (exact) mass is 451 g/mol. The molecular formula is C14H13BrF3N5O2S. The Hall–Kier alpha value is -2.05. The highest BCUT2D eigenvalue weighted by atomic mass is 79.9. The summed E-state index contributed by atoms with van der Waals surface area (Å²) in [6.07, 6.45) is 1.50. The second-order valence-electron chi connectivity index (χ2n) is 5.03. The molecule has 140 valence electrons. The van der Waals surface area contributed by atoms with Gasteiger partial charge in [-0.2, -0.15) is 13.1 Å². The predicted molar refractivity (Wildman–Crippen MR) is 95.3 cm³/mol. The lowest BCUT2D eigenvalue weighted by Gasteiger charge is -2.13. The maximum atomic E-state index is 12.8. The first-order valence-electron chi connectivity index (χ1n) is 6.94. The minimum atomic E-state index is -4.87. The molecule has 1 aromatic heterocycles. The Kier molecular flexibility index (Phi) is 6.67. The van der Waals surface area contributed by atoms with E-state index in [1.807, 2.05) is 0 Å². The van der Waals surface area contributed by atoms with Gasteiger partial charge < -0.3 is 4.90 Å². The van der Waals surface area contributed by atoms with Gasteiger partial charge in [0.05, 0.1) is 0 Å². The van der Waals surface area contributed by atoms with Crippen LogP contribution in [-0.4, -0.2) is 29.0 Å². The molecule has 0 aliphatic carbocycles. The molecule has 0 aliphatic heterocycles. The molecule has 1 unspecified atom stereocenters. The second-order valence-corrected chi connectivity index (χ2v) is 7.64. The zero-order valence-corrected chi connectivity index (χ0v) is 15.9. The molecule has 1 aromatic carbocycles. The Labute approximate surface area is 156 Å². The van der Waals surface area contributed by atoms with E-state index >= 15 is 0 Å². The predicted octanol–water partition coefficient (Wildman–Crippen LogP) is 5.46. The molecular weight excluding hydrogens is 439 g/mol. The third kappa shape index (κ3) is 4.99. The third-order valence-corrected chi connectivity index (χ3v) is 4.54. The van der Waals surface area contributed by atoms with Gasteiger partial charge in [-0.25, -0.2) is 9.19 Å². The van der Waals surface area contributed by atoms with E-state index in [1.165, 1.54) is 18.3 Å². The summed E-state index contributed by atoms with van der Waals surface area (Å²) >= 11 is 3.22. The van der Waals surface area contributed by atoms with Gasteiger partial charge in [-0.05, 0) is 50.8 Å². The average Bonchev–Trinajstić information content (AvgIpc) is 2.61. The number of rotatable bonds is 6. The van der Waals surface area contributed by atoms with Crippen molar-refractivity contribution < 1.29 is 21.9 Å². The highest BCUT2D eigenvalue weighted by molar-refractivity contribution is 9.10. The van der Waals surface area contributed by atoms with E-state index in [4.69, 9.17) is 0 Å². The lowest BCUT2D eigenvalue weighted by molar-refractivity contribution is -0.000950. The van der Waals surface area contributed by atoms with Gasteiger partial charge in [-0.15, -0.1) is 10.2 Å². The van der Waals surface area contributed by atoms with Crippen LogP contribution in [0.2, 0.25) is 0 Å². The minimum absolute atomic E-state index is 0.00857. The average molecular weight is 452 g/mol. The minimum Gasteiger partial charge on any atom is -0.378 e. The third-order valence-electron chi connectivity index (χ3n) is 2.99. The Balaban J connectivity index is 2.53. The molecule has 0 spiro atoms. The lowest BCUT2D eigenvalue weighted by atomic mass is 10.2. The molecule has 7 nitrogen and oxygen atoms in total. The van der Waals surface area contributed by atoms with Crippen LogP contribution in [0.25, 0.3) is 0 Å². The van der Waals surface area contributed by atoms with E-state index in [-0.39, 0.29) is 17.2 Å². The molecule has 12 heteroatoms. The molecule has 0 fully saturated rings. The number of alkyl halides is 2. The summed E-state index contributed by atoms with van der Waals surface area (Å²) in [5.74, 6) is -3.40. The number of nitrogens with zero attached hydrogens (tertiary/aromatic N) is 5. The quantitative estimate of drug-likeness (QED) is 0.545. The molecule has 26 heavy (non-hydrogen) atoms. The van der Waals surface area contributed by atoms with Gasteiger partial charge in [-0.1, -0.05) is 4.39 Å². The van der Waals surface area contributed by atoms with Crippen molar-refractivity contribution in [2.45, 2.75) is 5.76 Å². The fourth-order valence-electron chi connectivity index (χ4n) is 1.70. The first-order chi connectivity index (χ1) is 12.2. The molecule has 1 heterocycles. The number of aromatic nitrogens is 1. The van der Waals surface area contributed by atoms with Crippen molar-refractivity contribution in [3.63, 3.8) is 0 Å². The molecule has 0 saturated heterocycles. The number of pyridine rings is 1. The number of halogens is 4. The summed E-state index contributed by atoms with van der Waals surface area (Å²) in [4.78, 5) is 5.63. The first kappa shape index (κ1) is 20.3. The molecule has 0 radical (unpaired) electrons. The zero-order chi connectivity index (χ0) is 19.3. The second kappa shape index (κ2) is 8.56. The maximum Gasteiger partial charge on any atom is 0.345 e. The molecule has 0 bridgehead atoms. The normalized spacial score (nSPS) is 13.8. The summed E-state index contributed by atoms with van der Waals surface area (Å²) in [5.41, 5.74) is 0.269. The smallest absolute Gasteiger partial charge is 0.345 e. The Bertz CT molecular complexity index is 915. The highest BCUT2D eigenvalue weighted by Crippen LogP contribution is 2.35. The van der Waals surface area contributed by atoms with Crippen LogP contribution in [0.4, 0.5) is 36.2 Å². The Morgan fingerprint density at radius 1 is 1.19 bits per heavy atom. The van der Waals surface area contributed by atoms with Crippen LogP contribution in [0.5, 0.6) is 0 Å². The van der Waals surface area contributed by atoms with Gasteiger partial charge in [0.25, 0.3) is 10.0 Å². The maximum absolute atomic E-state index is 12.8. The summed E-state index contributed by atoms with van der Waals surface area (Å²) in [7, 11) is -1.47. The van der Waals surface area contributed by atoms with Crippen LogP contribution < -0.4 is 4.90 Å². The highest BCUT2D eigenvalue weighted by Gasteiger charge is 2.25. The SMILES string of the molecule is CN(C)c1ccc(N=Nc2ccc(Br)cn2)c(N=S(=O)(OF)C(F)F)c1. The molecule has 0 amide bonds. The number of azo groups is 1. The van der Waals surface area contributed by atoms with Crippen LogP contribution in [0.3, 0.4) is 0 Å². The van der Waals surface area contributed by atoms with Crippen LogP contribution in [0, 0.1) is 0 Å². The molecule has 1 atom stereocenters. The fourth-order valence-corrected chi connectivity index (χ4v) is 2.52. The fraction of sp³-hybridized carbons (Fsp3) is 0.214. The van der Waals surface area contributed by atoms with Crippen LogP contribution >= 0.6 is 15.9 Å². The van der Waals surface area contributed by atoms with Crippen molar-refractivity contribution in [2.24, 2.45) is 14.6 Å². The molecule has 0 aliphatic rings. The van der Waals surface area contributed by atoms with Crippen molar-refractivity contribution >= 4 is 48.8 Å². The van der Waals surface area contributed by atoms with Crippen molar-refractivity contribution in [3.8, 4) is 0 Å². The molecule has 2 aromatic rings. The van der Waals surface area contributed by atoms with Crippen LogP contribution in [0.1, 0.15) is 0 Å². The van der Waals surface area contributed by atoms with E-state index < -0.39 is 15.8 Å². The van der Waals surface area contributed by atoms with Crippen molar-refractivity contribution in [2.75, 3.05) is 19.0 Å². The van der Waals surface area contributed by atoms with E-state index in [0.29, 0.717) is 5.69 Å². The van der Waals surface area contributed by atoms with E-state index in [0.717, 1.165) is 4.47 Å².